The lowest BCUT2D eigenvalue weighted by molar-refractivity contribution is 0.0993. The van der Waals surface area contributed by atoms with E-state index in [1.165, 1.54) is 5.56 Å². The molecule has 6 heteroatoms. The average Bonchev–Trinajstić information content (AvgIpc) is 2.82. The van der Waals surface area contributed by atoms with Crippen LogP contribution >= 0.6 is 0 Å². The molecule has 2 aromatic carbocycles. The molecule has 1 aromatic heterocycles. The molecule has 4 rings (SSSR count). The van der Waals surface area contributed by atoms with Crippen molar-refractivity contribution in [1.29, 1.82) is 0 Å². The number of morpholine rings is 1. The summed E-state index contributed by atoms with van der Waals surface area (Å²) in [6, 6.07) is 15.4. The van der Waals surface area contributed by atoms with Crippen LogP contribution in [0.2, 0.25) is 0 Å². The first-order valence-electron chi connectivity index (χ1n) is 11.6. The van der Waals surface area contributed by atoms with E-state index in [4.69, 9.17) is 4.74 Å². The van der Waals surface area contributed by atoms with Crippen molar-refractivity contribution in [3.63, 3.8) is 0 Å². The summed E-state index contributed by atoms with van der Waals surface area (Å²) in [6.45, 7) is 11.8. The summed E-state index contributed by atoms with van der Waals surface area (Å²) in [6.07, 6.45) is 0. The minimum atomic E-state index is -0.0634. The zero-order valence-electron chi connectivity index (χ0n) is 20.2. The van der Waals surface area contributed by atoms with Crippen LogP contribution in [0.15, 0.2) is 53.3 Å². The summed E-state index contributed by atoms with van der Waals surface area (Å²) in [7, 11) is 1.80. The molecule has 0 radical (unpaired) electrons. The number of anilines is 2. The highest BCUT2D eigenvalue weighted by atomic mass is 16.5. The fraction of sp³-hybridized carbons (Fsp3) is 0.407. The molecule has 0 spiro atoms. The van der Waals surface area contributed by atoms with E-state index in [1.807, 2.05) is 49.4 Å². The van der Waals surface area contributed by atoms with Gasteiger partial charge in [-0.3, -0.25) is 9.59 Å². The topological polar surface area (TPSA) is 54.8 Å². The van der Waals surface area contributed by atoms with Crippen LogP contribution in [0.3, 0.4) is 0 Å². The number of aromatic nitrogens is 1. The number of amides is 1. The molecule has 0 N–H and O–H groups in total. The van der Waals surface area contributed by atoms with E-state index in [0.29, 0.717) is 25.3 Å². The van der Waals surface area contributed by atoms with Gasteiger partial charge >= 0.3 is 0 Å². The molecule has 2 heterocycles. The van der Waals surface area contributed by atoms with Crippen molar-refractivity contribution in [1.82, 2.24) is 4.57 Å². The third-order valence-corrected chi connectivity index (χ3v) is 6.43. The number of carbonyl (C=O) groups excluding carboxylic acids is 1. The van der Waals surface area contributed by atoms with E-state index in [1.54, 1.807) is 22.6 Å². The minimum Gasteiger partial charge on any atom is -0.378 e. The highest BCUT2D eigenvalue weighted by Gasteiger charge is 2.20. The van der Waals surface area contributed by atoms with Gasteiger partial charge < -0.3 is 19.1 Å². The summed E-state index contributed by atoms with van der Waals surface area (Å²) in [4.78, 5) is 29.9. The van der Waals surface area contributed by atoms with Crippen LogP contribution in [0.5, 0.6) is 0 Å². The van der Waals surface area contributed by atoms with Gasteiger partial charge in [0.25, 0.3) is 11.5 Å². The molecule has 1 amide bonds. The first-order chi connectivity index (χ1) is 15.7. The van der Waals surface area contributed by atoms with Gasteiger partial charge in [-0.2, -0.15) is 0 Å². The van der Waals surface area contributed by atoms with E-state index in [9.17, 15) is 9.59 Å². The molecule has 0 aliphatic carbocycles. The Labute approximate surface area is 195 Å². The molecular formula is C27H33N3O3. The Morgan fingerprint density at radius 3 is 2.30 bits per heavy atom. The van der Waals surface area contributed by atoms with E-state index in [0.717, 1.165) is 35.4 Å². The molecule has 0 atom stereocenters. The number of pyridine rings is 1. The Kier molecular flexibility index (Phi) is 6.30. The number of fused-ring (bicyclic) bond motifs is 1. The van der Waals surface area contributed by atoms with Gasteiger partial charge in [-0.1, -0.05) is 32.9 Å². The molecule has 6 nitrogen and oxygen atoms in total. The fourth-order valence-corrected chi connectivity index (χ4v) is 4.38. The number of aryl methyl sites for hydroxylation is 1. The van der Waals surface area contributed by atoms with Crippen LogP contribution in [0.25, 0.3) is 10.9 Å². The predicted molar refractivity (Wildman–Crippen MR) is 135 cm³/mol. The Balaban J connectivity index is 1.74. The van der Waals surface area contributed by atoms with Crippen LogP contribution in [0, 0.1) is 0 Å². The van der Waals surface area contributed by atoms with Crippen LogP contribution in [0.4, 0.5) is 11.4 Å². The zero-order valence-corrected chi connectivity index (χ0v) is 20.2. The molecule has 0 saturated carbocycles. The molecule has 174 valence electrons. The average molecular weight is 448 g/mol. The number of rotatable bonds is 4. The Bertz CT molecular complexity index is 1220. The zero-order chi connectivity index (χ0) is 23.8. The van der Waals surface area contributed by atoms with E-state index in [-0.39, 0.29) is 16.9 Å². The molecule has 1 aliphatic rings. The summed E-state index contributed by atoms with van der Waals surface area (Å²) >= 11 is 0. The lowest BCUT2D eigenvalue weighted by Crippen LogP contribution is -2.37. The largest absolute Gasteiger partial charge is 0.378 e. The molecule has 33 heavy (non-hydrogen) atoms. The van der Waals surface area contributed by atoms with Crippen LogP contribution in [0.1, 0.15) is 43.6 Å². The number of benzene rings is 2. The third kappa shape index (κ3) is 4.53. The SMILES string of the molecule is CCn1c(=O)cc(N2CCOCC2)c2cc(N(C)C(=O)c3ccc(C(C)(C)C)cc3)ccc21. The Morgan fingerprint density at radius 2 is 1.70 bits per heavy atom. The second-order valence-corrected chi connectivity index (χ2v) is 9.60. The van der Waals surface area contributed by atoms with E-state index < -0.39 is 0 Å². The monoisotopic (exact) mass is 447 g/mol. The van der Waals surface area contributed by atoms with Crippen LogP contribution in [-0.4, -0.2) is 43.8 Å². The number of hydrogen-bond acceptors (Lipinski definition) is 4. The first-order valence-corrected chi connectivity index (χ1v) is 11.6. The van der Waals surface area contributed by atoms with Gasteiger partial charge in [0, 0.05) is 49.4 Å². The van der Waals surface area contributed by atoms with Crippen molar-refractivity contribution in [3.8, 4) is 0 Å². The van der Waals surface area contributed by atoms with Gasteiger partial charge in [-0.25, -0.2) is 0 Å². The van der Waals surface area contributed by atoms with Crippen molar-refractivity contribution >= 4 is 28.2 Å². The summed E-state index contributed by atoms with van der Waals surface area (Å²) < 4.78 is 7.28. The molecular weight excluding hydrogens is 414 g/mol. The maximum absolute atomic E-state index is 13.2. The Hall–Kier alpha value is -3.12. The number of nitrogens with zero attached hydrogens (tertiary/aromatic N) is 3. The predicted octanol–water partition coefficient (Wildman–Crippen LogP) is 4.43. The van der Waals surface area contributed by atoms with Crippen molar-refractivity contribution in [2.75, 3.05) is 43.2 Å². The molecule has 0 unspecified atom stereocenters. The molecule has 1 saturated heterocycles. The molecule has 0 bridgehead atoms. The van der Waals surface area contributed by atoms with Gasteiger partial charge in [-0.15, -0.1) is 0 Å². The minimum absolute atomic E-state index is 0.0115. The standard InChI is InChI=1S/C27H33N3O3/c1-6-30-23-12-11-21(17-22(23)24(18-25(30)31)29-13-15-33-16-14-29)28(5)26(32)19-7-9-20(10-8-19)27(2,3)4/h7-12,17-18H,6,13-16H2,1-5H3. The van der Waals surface area contributed by atoms with Gasteiger partial charge in [-0.05, 0) is 48.2 Å². The van der Waals surface area contributed by atoms with Gasteiger partial charge in [0.2, 0.25) is 0 Å². The Morgan fingerprint density at radius 1 is 1.03 bits per heavy atom. The third-order valence-electron chi connectivity index (χ3n) is 6.43. The van der Waals surface area contributed by atoms with E-state index >= 15 is 0 Å². The van der Waals surface area contributed by atoms with Gasteiger partial charge in [0.05, 0.1) is 24.4 Å². The fourth-order valence-electron chi connectivity index (χ4n) is 4.38. The quantitative estimate of drug-likeness (QED) is 0.594. The smallest absolute Gasteiger partial charge is 0.258 e. The lowest BCUT2D eigenvalue weighted by Gasteiger charge is -2.30. The van der Waals surface area contributed by atoms with Crippen molar-refractivity contribution in [2.45, 2.75) is 39.7 Å². The summed E-state index contributed by atoms with van der Waals surface area (Å²) in [5.74, 6) is -0.0634. The summed E-state index contributed by atoms with van der Waals surface area (Å²) in [5, 5.41) is 0.971. The lowest BCUT2D eigenvalue weighted by atomic mass is 9.86. The van der Waals surface area contributed by atoms with Crippen molar-refractivity contribution in [2.24, 2.45) is 0 Å². The van der Waals surface area contributed by atoms with Gasteiger partial charge in [0.1, 0.15) is 0 Å². The first kappa shape index (κ1) is 23.1. The second-order valence-electron chi connectivity index (χ2n) is 9.60. The second kappa shape index (κ2) is 9.02. The van der Waals surface area contributed by atoms with Crippen LogP contribution in [-0.2, 0) is 16.7 Å². The molecule has 1 fully saturated rings. The van der Waals surface area contributed by atoms with Gasteiger partial charge in [0.15, 0.2) is 0 Å². The van der Waals surface area contributed by atoms with Crippen molar-refractivity contribution in [3.05, 3.63) is 70.0 Å². The number of carbonyl (C=O) groups is 1. The van der Waals surface area contributed by atoms with Crippen LogP contribution < -0.4 is 15.4 Å². The highest BCUT2D eigenvalue weighted by molar-refractivity contribution is 6.07. The molecule has 1 aliphatic heterocycles. The molecule has 3 aromatic rings. The number of hydrogen-bond donors (Lipinski definition) is 0. The maximum Gasteiger partial charge on any atom is 0.258 e. The maximum atomic E-state index is 13.2. The van der Waals surface area contributed by atoms with E-state index in [2.05, 4.69) is 25.7 Å². The summed E-state index contributed by atoms with van der Waals surface area (Å²) in [5.41, 5.74) is 4.45. The number of ether oxygens (including phenoxy) is 1. The normalized spacial score (nSPS) is 14.5. The highest BCUT2D eigenvalue weighted by Crippen LogP contribution is 2.30. The van der Waals surface area contributed by atoms with Crippen molar-refractivity contribution < 1.29 is 9.53 Å².